The lowest BCUT2D eigenvalue weighted by molar-refractivity contribution is -0.137. The van der Waals surface area contributed by atoms with Crippen LogP contribution in [0, 0.1) is 5.92 Å². The Morgan fingerprint density at radius 3 is 2.31 bits per heavy atom. The van der Waals surface area contributed by atoms with Gasteiger partial charge in [0.1, 0.15) is 0 Å². The van der Waals surface area contributed by atoms with Crippen molar-refractivity contribution in [2.24, 2.45) is 11.7 Å². The highest BCUT2D eigenvalue weighted by molar-refractivity contribution is 6.22. The maximum absolute atomic E-state index is 13.2. The maximum Gasteiger partial charge on any atom is 0.418 e. The molecule has 1 aromatic rings. The number of piperidine rings is 1. The Hall–Kier alpha value is -2.42. The second kappa shape index (κ2) is 6.71. The molecule has 1 unspecified atom stereocenters. The highest BCUT2D eigenvalue weighted by atomic mass is 19.4. The molecule has 1 atom stereocenters. The van der Waals surface area contributed by atoms with Gasteiger partial charge in [-0.25, -0.2) is 4.90 Å². The molecule has 0 radical (unpaired) electrons. The van der Waals surface area contributed by atoms with Crippen LogP contribution in [0.2, 0.25) is 0 Å². The second-order valence-corrected chi connectivity index (χ2v) is 6.51. The third kappa shape index (κ3) is 3.31. The molecular formula is C17H18F3N3O3. The zero-order valence-electron chi connectivity index (χ0n) is 13.8. The molecule has 6 nitrogen and oxygen atoms in total. The molecular weight excluding hydrogens is 351 g/mol. The Morgan fingerprint density at radius 2 is 1.73 bits per heavy atom. The molecule has 2 aliphatic rings. The number of para-hydroxylation sites is 1. The number of nitrogens with two attached hydrogens (primary N) is 1. The van der Waals surface area contributed by atoms with Crippen LogP contribution in [-0.2, 0) is 20.6 Å². The molecule has 2 fully saturated rings. The van der Waals surface area contributed by atoms with E-state index in [1.807, 2.05) is 0 Å². The SMILES string of the molecule is NC(=O)C1CCN(C2CC(=O)N(c3ccccc3C(F)(F)F)C2=O)CC1. The van der Waals surface area contributed by atoms with Crippen LogP contribution in [0.25, 0.3) is 0 Å². The summed E-state index contributed by atoms with van der Waals surface area (Å²) in [5.41, 5.74) is 3.82. The van der Waals surface area contributed by atoms with Gasteiger partial charge >= 0.3 is 6.18 Å². The smallest absolute Gasteiger partial charge is 0.369 e. The summed E-state index contributed by atoms with van der Waals surface area (Å²) in [6.45, 7) is 0.790. The number of amides is 3. The summed E-state index contributed by atoms with van der Waals surface area (Å²) in [6.07, 6.45) is -3.92. The fraction of sp³-hybridized carbons (Fsp3) is 0.471. The van der Waals surface area contributed by atoms with Gasteiger partial charge < -0.3 is 5.73 Å². The standard InChI is InChI=1S/C17H18F3N3O3/c18-17(19,20)11-3-1-2-4-12(11)23-14(24)9-13(16(23)26)22-7-5-10(6-8-22)15(21)25/h1-4,10,13H,5-9H2,(H2,21,25). The summed E-state index contributed by atoms with van der Waals surface area (Å²) in [4.78, 5) is 38.7. The third-order valence-electron chi connectivity index (χ3n) is 4.95. The minimum atomic E-state index is -4.67. The van der Waals surface area contributed by atoms with Gasteiger partial charge in [0.05, 0.1) is 23.7 Å². The van der Waals surface area contributed by atoms with Crippen LogP contribution in [0.4, 0.5) is 18.9 Å². The van der Waals surface area contributed by atoms with Crippen molar-refractivity contribution in [1.82, 2.24) is 4.90 Å². The zero-order valence-corrected chi connectivity index (χ0v) is 13.8. The first-order chi connectivity index (χ1) is 12.2. The van der Waals surface area contributed by atoms with Crippen molar-refractivity contribution < 1.29 is 27.6 Å². The van der Waals surface area contributed by atoms with Gasteiger partial charge in [-0.3, -0.25) is 19.3 Å². The molecule has 140 valence electrons. The number of carbonyl (C=O) groups is 3. The average Bonchev–Trinajstić information content (AvgIpc) is 2.88. The molecule has 1 aromatic carbocycles. The van der Waals surface area contributed by atoms with Crippen molar-refractivity contribution >= 4 is 23.4 Å². The van der Waals surface area contributed by atoms with E-state index in [-0.39, 0.29) is 12.3 Å². The Labute approximate surface area is 147 Å². The lowest BCUT2D eigenvalue weighted by Gasteiger charge is -2.33. The van der Waals surface area contributed by atoms with E-state index in [1.54, 1.807) is 4.90 Å². The summed E-state index contributed by atoms with van der Waals surface area (Å²) in [7, 11) is 0. The number of imide groups is 1. The third-order valence-corrected chi connectivity index (χ3v) is 4.95. The van der Waals surface area contributed by atoms with Crippen molar-refractivity contribution in [1.29, 1.82) is 0 Å². The normalized spacial score (nSPS) is 22.9. The lowest BCUT2D eigenvalue weighted by Crippen LogP contribution is -2.47. The summed E-state index contributed by atoms with van der Waals surface area (Å²) >= 11 is 0. The van der Waals surface area contributed by atoms with Crippen LogP contribution in [-0.4, -0.2) is 41.8 Å². The number of alkyl halides is 3. The van der Waals surface area contributed by atoms with Crippen LogP contribution in [0.3, 0.4) is 0 Å². The molecule has 0 saturated carbocycles. The van der Waals surface area contributed by atoms with Gasteiger partial charge in [0.2, 0.25) is 11.8 Å². The second-order valence-electron chi connectivity index (χ2n) is 6.51. The van der Waals surface area contributed by atoms with Gasteiger partial charge in [-0.15, -0.1) is 0 Å². The average molecular weight is 369 g/mol. The van der Waals surface area contributed by atoms with E-state index >= 15 is 0 Å². The molecule has 3 amide bonds. The minimum Gasteiger partial charge on any atom is -0.369 e. The van der Waals surface area contributed by atoms with Gasteiger partial charge in [-0.2, -0.15) is 13.2 Å². The van der Waals surface area contributed by atoms with Crippen molar-refractivity contribution in [3.05, 3.63) is 29.8 Å². The van der Waals surface area contributed by atoms with Gasteiger partial charge in [0.25, 0.3) is 5.91 Å². The Bertz CT molecular complexity index is 742. The molecule has 2 saturated heterocycles. The van der Waals surface area contributed by atoms with E-state index in [4.69, 9.17) is 5.73 Å². The molecule has 2 aliphatic heterocycles. The predicted octanol–water partition coefficient (Wildman–Crippen LogP) is 1.53. The van der Waals surface area contributed by atoms with E-state index < -0.39 is 41.2 Å². The maximum atomic E-state index is 13.2. The molecule has 26 heavy (non-hydrogen) atoms. The van der Waals surface area contributed by atoms with Crippen molar-refractivity contribution in [2.45, 2.75) is 31.5 Å². The highest BCUT2D eigenvalue weighted by Crippen LogP contribution is 2.38. The summed E-state index contributed by atoms with van der Waals surface area (Å²) in [6, 6.07) is 3.74. The fourth-order valence-electron chi connectivity index (χ4n) is 3.56. The number of likely N-dealkylation sites (tertiary alicyclic amines) is 1. The number of carbonyl (C=O) groups excluding carboxylic acids is 3. The molecule has 0 spiro atoms. The first-order valence-electron chi connectivity index (χ1n) is 8.26. The number of benzene rings is 1. The number of halogens is 3. The van der Waals surface area contributed by atoms with Crippen LogP contribution >= 0.6 is 0 Å². The number of nitrogens with zero attached hydrogens (tertiary/aromatic N) is 2. The lowest BCUT2D eigenvalue weighted by atomic mass is 9.95. The van der Waals surface area contributed by atoms with E-state index in [0.29, 0.717) is 30.8 Å². The van der Waals surface area contributed by atoms with Crippen LogP contribution < -0.4 is 10.6 Å². The first kappa shape index (κ1) is 18.4. The zero-order chi connectivity index (χ0) is 19.1. The fourth-order valence-corrected chi connectivity index (χ4v) is 3.56. The first-order valence-corrected chi connectivity index (χ1v) is 8.26. The van der Waals surface area contributed by atoms with Crippen molar-refractivity contribution in [3.63, 3.8) is 0 Å². The highest BCUT2D eigenvalue weighted by Gasteiger charge is 2.46. The number of rotatable bonds is 3. The predicted molar refractivity (Wildman–Crippen MR) is 85.8 cm³/mol. The Morgan fingerprint density at radius 1 is 1.12 bits per heavy atom. The van der Waals surface area contributed by atoms with E-state index in [0.717, 1.165) is 12.1 Å². The van der Waals surface area contributed by atoms with Gasteiger partial charge in [-0.05, 0) is 38.1 Å². The molecule has 0 aliphatic carbocycles. The van der Waals surface area contributed by atoms with Crippen molar-refractivity contribution in [3.8, 4) is 0 Å². The van der Waals surface area contributed by atoms with Gasteiger partial charge in [-0.1, -0.05) is 12.1 Å². The topological polar surface area (TPSA) is 83.7 Å². The van der Waals surface area contributed by atoms with E-state index in [9.17, 15) is 27.6 Å². The summed E-state index contributed by atoms with van der Waals surface area (Å²) in [5, 5.41) is 0. The molecule has 0 aromatic heterocycles. The molecule has 9 heteroatoms. The molecule has 3 rings (SSSR count). The minimum absolute atomic E-state index is 0.174. The number of hydrogen-bond donors (Lipinski definition) is 1. The monoisotopic (exact) mass is 369 g/mol. The molecule has 0 bridgehead atoms. The van der Waals surface area contributed by atoms with Crippen molar-refractivity contribution in [2.75, 3.05) is 18.0 Å². The number of primary amides is 1. The molecule has 2 N–H and O–H groups in total. The van der Waals surface area contributed by atoms with E-state index in [1.165, 1.54) is 12.1 Å². The quantitative estimate of drug-likeness (QED) is 0.819. The Balaban J connectivity index is 1.82. The summed E-state index contributed by atoms with van der Waals surface area (Å²) in [5.74, 6) is -2.00. The molecule has 2 heterocycles. The van der Waals surface area contributed by atoms with Crippen LogP contribution in [0.1, 0.15) is 24.8 Å². The Kier molecular flexibility index (Phi) is 4.74. The van der Waals surface area contributed by atoms with Crippen LogP contribution in [0.15, 0.2) is 24.3 Å². The van der Waals surface area contributed by atoms with E-state index in [2.05, 4.69) is 0 Å². The largest absolute Gasteiger partial charge is 0.418 e. The number of anilines is 1. The van der Waals surface area contributed by atoms with Gasteiger partial charge in [0, 0.05) is 5.92 Å². The van der Waals surface area contributed by atoms with Gasteiger partial charge in [0.15, 0.2) is 0 Å². The number of hydrogen-bond acceptors (Lipinski definition) is 4. The van der Waals surface area contributed by atoms with Crippen LogP contribution in [0.5, 0.6) is 0 Å². The summed E-state index contributed by atoms with van der Waals surface area (Å²) < 4.78 is 39.7.